The molecule has 1 fully saturated rings. The summed E-state index contributed by atoms with van der Waals surface area (Å²) in [5, 5.41) is 4.37. The number of aromatic amines is 1. The number of amides is 1. The number of fused-ring (bicyclic) bond motifs is 1. The first kappa shape index (κ1) is 19.5. The molecule has 2 heterocycles. The second-order valence-corrected chi connectivity index (χ2v) is 7.66. The SMILES string of the molecule is COc1ccccc1[C@H](CNC(=O)CCc1c[nH]c2ccccc12)N1CCCC1. The van der Waals surface area contributed by atoms with Crippen LogP contribution in [0.2, 0.25) is 0 Å². The van der Waals surface area contributed by atoms with Crippen molar-refractivity contribution in [2.24, 2.45) is 0 Å². The molecule has 0 aliphatic carbocycles. The van der Waals surface area contributed by atoms with Crippen molar-refractivity contribution in [1.29, 1.82) is 0 Å². The second kappa shape index (κ2) is 9.14. The van der Waals surface area contributed by atoms with E-state index in [1.54, 1.807) is 7.11 Å². The summed E-state index contributed by atoms with van der Waals surface area (Å²) in [5.41, 5.74) is 3.46. The van der Waals surface area contributed by atoms with Gasteiger partial charge in [0.25, 0.3) is 0 Å². The highest BCUT2D eigenvalue weighted by Gasteiger charge is 2.26. The lowest BCUT2D eigenvalue weighted by Gasteiger charge is -2.29. The molecule has 1 aromatic heterocycles. The van der Waals surface area contributed by atoms with Gasteiger partial charge in [-0.1, -0.05) is 36.4 Å². The Morgan fingerprint density at radius 2 is 1.90 bits per heavy atom. The van der Waals surface area contributed by atoms with E-state index in [1.807, 2.05) is 36.5 Å². The number of methoxy groups -OCH3 is 1. The first-order chi connectivity index (χ1) is 14.3. The Morgan fingerprint density at radius 1 is 1.14 bits per heavy atom. The van der Waals surface area contributed by atoms with Crippen LogP contribution in [0.3, 0.4) is 0 Å². The molecule has 4 rings (SSSR count). The molecule has 1 atom stereocenters. The van der Waals surface area contributed by atoms with Gasteiger partial charge in [-0.25, -0.2) is 0 Å². The topological polar surface area (TPSA) is 57.4 Å². The molecule has 5 heteroatoms. The van der Waals surface area contributed by atoms with Crippen molar-refractivity contribution in [3.05, 3.63) is 65.9 Å². The molecule has 0 radical (unpaired) electrons. The highest BCUT2D eigenvalue weighted by molar-refractivity contribution is 5.84. The summed E-state index contributed by atoms with van der Waals surface area (Å²) in [5.74, 6) is 0.979. The fourth-order valence-electron chi connectivity index (χ4n) is 4.32. The number of ether oxygens (including phenoxy) is 1. The van der Waals surface area contributed by atoms with E-state index in [0.717, 1.165) is 36.3 Å². The molecular weight excluding hydrogens is 362 g/mol. The summed E-state index contributed by atoms with van der Waals surface area (Å²) in [7, 11) is 1.71. The number of nitrogens with one attached hydrogen (secondary N) is 2. The minimum Gasteiger partial charge on any atom is -0.496 e. The predicted octanol–water partition coefficient (Wildman–Crippen LogP) is 4.06. The number of carbonyl (C=O) groups is 1. The summed E-state index contributed by atoms with van der Waals surface area (Å²) in [6.45, 7) is 2.73. The second-order valence-electron chi connectivity index (χ2n) is 7.66. The number of benzene rings is 2. The molecule has 1 amide bonds. The smallest absolute Gasteiger partial charge is 0.220 e. The standard InChI is InChI=1S/C24H29N3O2/c1-29-23-11-5-3-9-20(23)22(27-14-6-7-15-27)17-26-24(28)13-12-18-16-25-21-10-4-2-8-19(18)21/h2-5,8-11,16,22,25H,6-7,12-15,17H2,1H3,(H,26,28)/t22-/m0/s1. The fourth-order valence-corrected chi connectivity index (χ4v) is 4.32. The zero-order chi connectivity index (χ0) is 20.1. The monoisotopic (exact) mass is 391 g/mol. The van der Waals surface area contributed by atoms with Gasteiger partial charge in [-0.3, -0.25) is 9.69 Å². The van der Waals surface area contributed by atoms with Crippen molar-refractivity contribution in [2.45, 2.75) is 31.7 Å². The third kappa shape index (κ3) is 4.46. The molecule has 29 heavy (non-hydrogen) atoms. The van der Waals surface area contributed by atoms with Gasteiger partial charge in [0.1, 0.15) is 5.75 Å². The molecule has 1 aliphatic heterocycles. The lowest BCUT2D eigenvalue weighted by atomic mass is 10.0. The molecule has 5 nitrogen and oxygen atoms in total. The largest absolute Gasteiger partial charge is 0.496 e. The van der Waals surface area contributed by atoms with Gasteiger partial charge in [0.05, 0.1) is 13.2 Å². The zero-order valence-electron chi connectivity index (χ0n) is 17.0. The lowest BCUT2D eigenvalue weighted by molar-refractivity contribution is -0.121. The molecule has 3 aromatic rings. The number of rotatable bonds is 8. The number of aryl methyl sites for hydroxylation is 1. The Bertz CT molecular complexity index is 959. The van der Waals surface area contributed by atoms with Gasteiger partial charge < -0.3 is 15.0 Å². The van der Waals surface area contributed by atoms with Crippen molar-refractivity contribution in [1.82, 2.24) is 15.2 Å². The van der Waals surface area contributed by atoms with E-state index in [-0.39, 0.29) is 11.9 Å². The van der Waals surface area contributed by atoms with Crippen molar-refractivity contribution in [3.8, 4) is 5.75 Å². The number of nitrogens with zero attached hydrogens (tertiary/aromatic N) is 1. The summed E-state index contributed by atoms with van der Waals surface area (Å²) < 4.78 is 5.59. The zero-order valence-corrected chi connectivity index (χ0v) is 17.0. The predicted molar refractivity (Wildman–Crippen MR) is 116 cm³/mol. The van der Waals surface area contributed by atoms with Crippen LogP contribution in [0.15, 0.2) is 54.7 Å². The molecule has 2 aromatic carbocycles. The van der Waals surface area contributed by atoms with E-state index in [9.17, 15) is 4.79 Å². The first-order valence-corrected chi connectivity index (χ1v) is 10.4. The molecule has 0 bridgehead atoms. The highest BCUT2D eigenvalue weighted by atomic mass is 16.5. The van der Waals surface area contributed by atoms with E-state index in [0.29, 0.717) is 13.0 Å². The van der Waals surface area contributed by atoms with Crippen molar-refractivity contribution in [2.75, 3.05) is 26.7 Å². The van der Waals surface area contributed by atoms with Crippen LogP contribution in [0.1, 0.15) is 36.4 Å². The molecule has 0 saturated carbocycles. The Hall–Kier alpha value is -2.79. The maximum Gasteiger partial charge on any atom is 0.220 e. The Labute approximate surface area is 172 Å². The normalized spacial score (nSPS) is 15.5. The Balaban J connectivity index is 1.39. The quantitative estimate of drug-likeness (QED) is 0.609. The van der Waals surface area contributed by atoms with Gasteiger partial charge in [-0.05, 0) is 50.0 Å². The van der Waals surface area contributed by atoms with Crippen LogP contribution in [-0.2, 0) is 11.2 Å². The van der Waals surface area contributed by atoms with E-state index >= 15 is 0 Å². The summed E-state index contributed by atoms with van der Waals surface area (Å²) >= 11 is 0. The Kier molecular flexibility index (Phi) is 6.15. The number of hydrogen-bond acceptors (Lipinski definition) is 3. The van der Waals surface area contributed by atoms with Crippen LogP contribution in [0.25, 0.3) is 10.9 Å². The van der Waals surface area contributed by atoms with Gasteiger partial charge in [-0.15, -0.1) is 0 Å². The molecular formula is C24H29N3O2. The van der Waals surface area contributed by atoms with Gasteiger partial charge in [0.15, 0.2) is 0 Å². The maximum absolute atomic E-state index is 12.6. The van der Waals surface area contributed by atoms with E-state index < -0.39 is 0 Å². The van der Waals surface area contributed by atoms with Gasteiger partial charge in [0, 0.05) is 35.6 Å². The number of H-pyrrole nitrogens is 1. The Morgan fingerprint density at radius 3 is 2.72 bits per heavy atom. The van der Waals surface area contributed by atoms with E-state index in [2.05, 4.69) is 33.4 Å². The van der Waals surface area contributed by atoms with Gasteiger partial charge in [0.2, 0.25) is 5.91 Å². The fraction of sp³-hybridized carbons (Fsp3) is 0.375. The van der Waals surface area contributed by atoms with Crippen molar-refractivity contribution < 1.29 is 9.53 Å². The van der Waals surface area contributed by atoms with Crippen LogP contribution in [0.5, 0.6) is 5.75 Å². The molecule has 2 N–H and O–H groups in total. The molecule has 0 unspecified atom stereocenters. The van der Waals surface area contributed by atoms with E-state index in [4.69, 9.17) is 4.74 Å². The van der Waals surface area contributed by atoms with Gasteiger partial charge in [-0.2, -0.15) is 0 Å². The first-order valence-electron chi connectivity index (χ1n) is 10.4. The number of carbonyl (C=O) groups excluding carboxylic acids is 1. The van der Waals surface area contributed by atoms with Crippen LogP contribution in [-0.4, -0.2) is 42.5 Å². The lowest BCUT2D eigenvalue weighted by Crippen LogP contribution is -2.37. The summed E-state index contributed by atoms with van der Waals surface area (Å²) in [6.07, 6.45) is 5.65. The number of hydrogen-bond donors (Lipinski definition) is 2. The number of para-hydroxylation sites is 2. The molecule has 152 valence electrons. The molecule has 1 aliphatic rings. The molecule has 1 saturated heterocycles. The maximum atomic E-state index is 12.6. The van der Waals surface area contributed by atoms with Crippen LogP contribution in [0.4, 0.5) is 0 Å². The van der Waals surface area contributed by atoms with Crippen LogP contribution >= 0.6 is 0 Å². The average Bonchev–Trinajstić information content (AvgIpc) is 3.43. The van der Waals surface area contributed by atoms with Crippen molar-refractivity contribution in [3.63, 3.8) is 0 Å². The third-order valence-electron chi connectivity index (χ3n) is 5.87. The van der Waals surface area contributed by atoms with Crippen molar-refractivity contribution >= 4 is 16.8 Å². The number of aromatic nitrogens is 1. The van der Waals surface area contributed by atoms with Gasteiger partial charge >= 0.3 is 0 Å². The number of likely N-dealkylation sites (tertiary alicyclic amines) is 1. The van der Waals surface area contributed by atoms with Crippen LogP contribution in [0, 0.1) is 0 Å². The minimum absolute atomic E-state index is 0.0920. The minimum atomic E-state index is 0.0920. The highest BCUT2D eigenvalue weighted by Crippen LogP contribution is 2.31. The summed E-state index contributed by atoms with van der Waals surface area (Å²) in [4.78, 5) is 18.3. The third-order valence-corrected chi connectivity index (χ3v) is 5.87. The molecule has 0 spiro atoms. The average molecular weight is 392 g/mol. The van der Waals surface area contributed by atoms with E-state index in [1.165, 1.54) is 23.8 Å². The van der Waals surface area contributed by atoms with Crippen LogP contribution < -0.4 is 10.1 Å². The summed E-state index contributed by atoms with van der Waals surface area (Å²) in [6, 6.07) is 16.5.